The van der Waals surface area contributed by atoms with E-state index in [4.69, 9.17) is 9.47 Å². The third-order valence-corrected chi connectivity index (χ3v) is 6.14. The lowest BCUT2D eigenvalue weighted by Gasteiger charge is -2.25. The summed E-state index contributed by atoms with van der Waals surface area (Å²) in [6.45, 7) is 0.812. The van der Waals surface area contributed by atoms with E-state index in [-0.39, 0.29) is 22.8 Å². The van der Waals surface area contributed by atoms with Gasteiger partial charge in [-0.2, -0.15) is 0 Å². The molecule has 1 aromatic heterocycles. The first-order valence-electron chi connectivity index (χ1n) is 9.58. The van der Waals surface area contributed by atoms with Crippen molar-refractivity contribution in [2.24, 2.45) is 0 Å². The Balaban J connectivity index is 1.69. The molecule has 0 spiro atoms. The van der Waals surface area contributed by atoms with Crippen molar-refractivity contribution in [1.29, 1.82) is 0 Å². The first-order valence-corrected chi connectivity index (χ1v) is 10.5. The van der Waals surface area contributed by atoms with Crippen LogP contribution < -0.4 is 14.4 Å². The first kappa shape index (κ1) is 19.2. The Hall–Kier alpha value is -3.78. The smallest absolute Gasteiger partial charge is 0.300 e. The fraction of sp³-hybridized carbons (Fsp3) is 0.130. The van der Waals surface area contributed by atoms with E-state index in [1.165, 1.54) is 22.3 Å². The molecule has 5 rings (SSSR count). The Morgan fingerprint density at radius 3 is 2.52 bits per heavy atom. The van der Waals surface area contributed by atoms with Crippen LogP contribution in [-0.2, 0) is 9.59 Å². The molecule has 156 valence electrons. The number of aliphatic hydroxyl groups is 1. The minimum Gasteiger partial charge on any atom is -0.507 e. The van der Waals surface area contributed by atoms with Crippen LogP contribution >= 0.6 is 11.3 Å². The molecule has 31 heavy (non-hydrogen) atoms. The molecule has 2 N–H and O–H groups in total. The number of phenolic OH excluding ortho intramolecular Hbond substituents is 1. The van der Waals surface area contributed by atoms with Gasteiger partial charge in [-0.25, -0.2) is 0 Å². The van der Waals surface area contributed by atoms with Crippen molar-refractivity contribution in [2.45, 2.75) is 6.04 Å². The fourth-order valence-corrected chi connectivity index (χ4v) is 4.63. The number of carbonyl (C=O) groups excluding carboxylic acids is 2. The second kappa shape index (κ2) is 7.48. The minimum atomic E-state index is -0.874. The zero-order valence-electron chi connectivity index (χ0n) is 16.1. The average Bonchev–Trinajstić information content (AvgIpc) is 3.41. The number of carbonyl (C=O) groups is 2. The van der Waals surface area contributed by atoms with Gasteiger partial charge in [-0.1, -0.05) is 18.2 Å². The van der Waals surface area contributed by atoms with E-state index in [2.05, 4.69) is 0 Å². The van der Waals surface area contributed by atoms with E-state index in [1.54, 1.807) is 48.5 Å². The molecule has 0 aliphatic carbocycles. The lowest BCUT2D eigenvalue weighted by molar-refractivity contribution is -0.132. The molecule has 1 atom stereocenters. The Kier molecular flexibility index (Phi) is 4.63. The number of para-hydroxylation sites is 2. The molecule has 3 aromatic rings. The monoisotopic (exact) mass is 435 g/mol. The van der Waals surface area contributed by atoms with Crippen molar-refractivity contribution >= 4 is 34.5 Å². The van der Waals surface area contributed by atoms with Crippen molar-refractivity contribution in [3.63, 3.8) is 0 Å². The summed E-state index contributed by atoms with van der Waals surface area (Å²) in [4.78, 5) is 28.0. The number of Topliss-reactive ketones (excluding diaryl/α,β-unsaturated/α-hetero) is 1. The summed E-state index contributed by atoms with van der Waals surface area (Å²) in [7, 11) is 0. The number of fused-ring (bicyclic) bond motifs is 1. The summed E-state index contributed by atoms with van der Waals surface area (Å²) in [5, 5.41) is 23.3. The Bertz CT molecular complexity index is 1220. The van der Waals surface area contributed by atoms with Crippen molar-refractivity contribution in [3.05, 3.63) is 76.0 Å². The van der Waals surface area contributed by atoms with Gasteiger partial charge in [0.15, 0.2) is 11.5 Å². The molecule has 1 saturated heterocycles. The van der Waals surface area contributed by atoms with Gasteiger partial charge in [0.05, 0.1) is 11.3 Å². The minimum absolute atomic E-state index is 0.0487. The molecule has 1 fully saturated rings. The quantitative estimate of drug-likeness (QED) is 0.369. The molecule has 7 nitrogen and oxygen atoms in total. The highest BCUT2D eigenvalue weighted by atomic mass is 32.1. The molecule has 3 heterocycles. The Morgan fingerprint density at radius 1 is 1.00 bits per heavy atom. The lowest BCUT2D eigenvalue weighted by atomic mass is 9.99. The van der Waals surface area contributed by atoms with Crippen molar-refractivity contribution in [1.82, 2.24) is 0 Å². The van der Waals surface area contributed by atoms with E-state index in [0.717, 1.165) is 0 Å². The van der Waals surface area contributed by atoms with Crippen LogP contribution in [-0.4, -0.2) is 35.1 Å². The number of phenols is 1. The van der Waals surface area contributed by atoms with E-state index in [1.807, 2.05) is 5.38 Å². The first-order chi connectivity index (χ1) is 15.1. The van der Waals surface area contributed by atoms with Crippen LogP contribution in [0.2, 0.25) is 0 Å². The Labute approximate surface area is 181 Å². The van der Waals surface area contributed by atoms with Crippen molar-refractivity contribution in [3.8, 4) is 17.2 Å². The normalized spacial score (nSPS) is 19.6. The SMILES string of the molecule is O=C1C(=O)N(c2ccccc2O)C(c2cccs2)/C1=C(/O)c1ccc2c(c1)OCCO2. The van der Waals surface area contributed by atoms with Crippen molar-refractivity contribution < 1.29 is 29.3 Å². The number of nitrogens with zero attached hydrogens (tertiary/aromatic N) is 1. The average molecular weight is 435 g/mol. The van der Waals surface area contributed by atoms with Crippen LogP contribution in [0, 0.1) is 0 Å². The predicted molar refractivity (Wildman–Crippen MR) is 115 cm³/mol. The molecule has 2 aliphatic heterocycles. The molecule has 0 saturated carbocycles. The predicted octanol–water partition coefficient (Wildman–Crippen LogP) is 3.85. The van der Waals surface area contributed by atoms with Gasteiger partial charge in [-0.15, -0.1) is 11.3 Å². The second-order valence-electron chi connectivity index (χ2n) is 7.03. The van der Waals surface area contributed by atoms with Gasteiger partial charge in [0, 0.05) is 10.4 Å². The van der Waals surface area contributed by atoms with Crippen LogP contribution in [0.15, 0.2) is 65.6 Å². The number of ketones is 1. The van der Waals surface area contributed by atoms with Crippen LogP contribution in [0.3, 0.4) is 0 Å². The molecule has 0 radical (unpaired) electrons. The van der Waals surface area contributed by atoms with Crippen LogP contribution in [0.25, 0.3) is 5.76 Å². The molecule has 1 amide bonds. The van der Waals surface area contributed by atoms with Gasteiger partial charge in [0.2, 0.25) is 0 Å². The third kappa shape index (κ3) is 3.12. The highest BCUT2D eigenvalue weighted by Gasteiger charge is 2.48. The number of aliphatic hydroxyl groups excluding tert-OH is 1. The number of anilines is 1. The maximum absolute atomic E-state index is 13.1. The Morgan fingerprint density at radius 2 is 1.77 bits per heavy atom. The third-order valence-electron chi connectivity index (χ3n) is 5.21. The molecular weight excluding hydrogens is 418 g/mol. The van der Waals surface area contributed by atoms with E-state index >= 15 is 0 Å². The molecule has 1 unspecified atom stereocenters. The van der Waals surface area contributed by atoms with Crippen LogP contribution in [0.1, 0.15) is 16.5 Å². The summed E-state index contributed by atoms with van der Waals surface area (Å²) < 4.78 is 11.1. The number of thiophene rings is 1. The standard InChI is InChI=1S/C23H17NO6S/c25-15-5-2-1-4-14(15)24-20(18-6-3-11-31-18)19(22(27)23(24)28)21(26)13-7-8-16-17(12-13)30-10-9-29-16/h1-8,11-12,20,25-26H,9-10H2/b21-19-. The summed E-state index contributed by atoms with van der Waals surface area (Å²) in [5.41, 5.74) is 0.484. The van der Waals surface area contributed by atoms with Gasteiger partial charge in [0.25, 0.3) is 11.7 Å². The highest BCUT2D eigenvalue weighted by molar-refractivity contribution is 7.10. The molecular formula is C23H17NO6S. The summed E-state index contributed by atoms with van der Waals surface area (Å²) in [6, 6.07) is 13.9. The van der Waals surface area contributed by atoms with E-state index < -0.39 is 17.7 Å². The lowest BCUT2D eigenvalue weighted by Crippen LogP contribution is -2.29. The highest BCUT2D eigenvalue weighted by Crippen LogP contribution is 2.46. The number of hydrogen-bond donors (Lipinski definition) is 2. The summed E-state index contributed by atoms with van der Waals surface area (Å²) in [6.07, 6.45) is 0. The molecule has 8 heteroatoms. The number of hydrogen-bond acceptors (Lipinski definition) is 7. The maximum Gasteiger partial charge on any atom is 0.300 e. The van der Waals surface area contributed by atoms with Gasteiger partial charge in [-0.3, -0.25) is 14.5 Å². The fourth-order valence-electron chi connectivity index (χ4n) is 3.81. The number of rotatable bonds is 3. The van der Waals surface area contributed by atoms with Crippen molar-refractivity contribution in [2.75, 3.05) is 18.1 Å². The van der Waals surface area contributed by atoms with Gasteiger partial charge >= 0.3 is 0 Å². The second-order valence-corrected chi connectivity index (χ2v) is 8.01. The summed E-state index contributed by atoms with van der Waals surface area (Å²) >= 11 is 1.35. The largest absolute Gasteiger partial charge is 0.507 e. The van der Waals surface area contributed by atoms with E-state index in [9.17, 15) is 19.8 Å². The zero-order valence-corrected chi connectivity index (χ0v) is 17.0. The number of amides is 1. The van der Waals surface area contributed by atoms with Gasteiger partial charge < -0.3 is 19.7 Å². The summed E-state index contributed by atoms with van der Waals surface area (Å²) in [5.74, 6) is -1.09. The van der Waals surface area contributed by atoms with Gasteiger partial charge in [0.1, 0.15) is 30.8 Å². The molecule has 2 aliphatic rings. The topological polar surface area (TPSA) is 96.3 Å². The van der Waals surface area contributed by atoms with Gasteiger partial charge in [-0.05, 0) is 41.8 Å². The molecule has 0 bridgehead atoms. The van der Waals surface area contributed by atoms with Crippen LogP contribution in [0.5, 0.6) is 17.2 Å². The maximum atomic E-state index is 13.1. The van der Waals surface area contributed by atoms with E-state index in [0.29, 0.717) is 35.2 Å². The van der Waals surface area contributed by atoms with Crippen LogP contribution in [0.4, 0.5) is 5.69 Å². The number of aromatic hydroxyl groups is 1. The number of ether oxygens (including phenoxy) is 2. The molecule has 2 aromatic carbocycles. The number of benzene rings is 2. The zero-order chi connectivity index (χ0) is 21.5.